The summed E-state index contributed by atoms with van der Waals surface area (Å²) in [4.78, 5) is 12.4. The maximum absolute atomic E-state index is 10.9. The van der Waals surface area contributed by atoms with Crippen molar-refractivity contribution in [3.63, 3.8) is 0 Å². The molecule has 0 bridgehead atoms. The van der Waals surface area contributed by atoms with Crippen LogP contribution in [0.15, 0.2) is 5.10 Å². The minimum atomic E-state index is -0.509. The molecule has 0 radical (unpaired) electrons. The normalized spacial score (nSPS) is 13.9. The zero-order chi connectivity index (χ0) is 12.0. The van der Waals surface area contributed by atoms with Crippen molar-refractivity contribution in [2.45, 2.75) is 39.3 Å². The number of rotatable bonds is 5. The van der Waals surface area contributed by atoms with E-state index in [0.29, 0.717) is 12.3 Å². The van der Waals surface area contributed by atoms with Crippen LogP contribution in [0.1, 0.15) is 27.2 Å². The van der Waals surface area contributed by atoms with E-state index >= 15 is 0 Å². The number of hydrogen-bond acceptors (Lipinski definition) is 4. The summed E-state index contributed by atoms with van der Waals surface area (Å²) < 4.78 is 0. The van der Waals surface area contributed by atoms with E-state index in [9.17, 15) is 9.90 Å². The van der Waals surface area contributed by atoms with Crippen LogP contribution in [-0.2, 0) is 4.79 Å². The van der Waals surface area contributed by atoms with Crippen molar-refractivity contribution in [2.24, 2.45) is 5.10 Å². The first kappa shape index (κ1) is 13.9. The lowest BCUT2D eigenvalue weighted by atomic mass is 10.2. The van der Waals surface area contributed by atoms with Crippen molar-refractivity contribution >= 4 is 12.2 Å². The Bertz CT molecular complexity index is 225. The van der Waals surface area contributed by atoms with Crippen LogP contribution in [0.2, 0.25) is 0 Å². The number of nitrogens with zero attached hydrogens (tertiary/aromatic N) is 3. The Morgan fingerprint density at radius 1 is 1.40 bits per heavy atom. The van der Waals surface area contributed by atoms with E-state index < -0.39 is 6.10 Å². The zero-order valence-corrected chi connectivity index (χ0v) is 10.1. The van der Waals surface area contributed by atoms with Gasteiger partial charge in [0, 0.05) is 26.6 Å². The number of amides is 1. The first-order chi connectivity index (χ1) is 6.88. The van der Waals surface area contributed by atoms with Crippen molar-refractivity contribution in [1.82, 2.24) is 9.91 Å². The Hall–Kier alpha value is -1.10. The number of amidine groups is 1. The lowest BCUT2D eigenvalue weighted by Crippen LogP contribution is -2.38. The van der Waals surface area contributed by atoms with Crippen molar-refractivity contribution in [3.8, 4) is 0 Å². The van der Waals surface area contributed by atoms with Crippen LogP contribution in [0.3, 0.4) is 0 Å². The smallest absolute Gasteiger partial charge is 0.215 e. The van der Waals surface area contributed by atoms with Crippen LogP contribution in [0.25, 0.3) is 0 Å². The predicted molar refractivity (Wildman–Crippen MR) is 60.5 cm³/mol. The number of aliphatic hydroxyl groups excluding tert-OH is 1. The fourth-order valence-corrected chi connectivity index (χ4v) is 1.17. The Labute approximate surface area is 91.4 Å². The number of carbonyl (C=O) groups excluding carboxylic acids is 1. The molecule has 0 aliphatic carbocycles. The molecule has 1 atom stereocenters. The molecule has 15 heavy (non-hydrogen) atoms. The fraction of sp³-hybridized carbons (Fsp3) is 0.800. The third kappa shape index (κ3) is 5.37. The van der Waals surface area contributed by atoms with E-state index in [2.05, 4.69) is 5.10 Å². The van der Waals surface area contributed by atoms with Crippen LogP contribution in [-0.4, -0.2) is 53.5 Å². The SMILES string of the molecule is CC(O)C/C(=N/N(C)C)N(C=O)C(C)C. The van der Waals surface area contributed by atoms with Gasteiger partial charge in [0.2, 0.25) is 6.41 Å². The average Bonchev–Trinajstić information content (AvgIpc) is 2.01. The van der Waals surface area contributed by atoms with Crippen LogP contribution < -0.4 is 0 Å². The third-order valence-corrected chi connectivity index (χ3v) is 1.76. The van der Waals surface area contributed by atoms with Gasteiger partial charge in [-0.3, -0.25) is 9.69 Å². The predicted octanol–water partition coefficient (Wildman–Crippen LogP) is 0.499. The minimum Gasteiger partial charge on any atom is -0.393 e. The van der Waals surface area contributed by atoms with Gasteiger partial charge in [0.25, 0.3) is 0 Å². The van der Waals surface area contributed by atoms with Gasteiger partial charge in [0.15, 0.2) is 0 Å². The molecule has 0 spiro atoms. The molecule has 0 aliphatic rings. The number of carbonyl (C=O) groups is 1. The molecule has 0 heterocycles. The molecule has 0 aromatic carbocycles. The Kier molecular flexibility index (Phi) is 5.93. The number of hydrogen-bond donors (Lipinski definition) is 1. The molecule has 0 saturated carbocycles. The van der Waals surface area contributed by atoms with E-state index in [4.69, 9.17) is 0 Å². The van der Waals surface area contributed by atoms with Crippen molar-refractivity contribution in [3.05, 3.63) is 0 Å². The highest BCUT2D eigenvalue weighted by Gasteiger charge is 2.16. The van der Waals surface area contributed by atoms with Crippen LogP contribution in [0.4, 0.5) is 0 Å². The van der Waals surface area contributed by atoms with Crippen LogP contribution in [0, 0.1) is 0 Å². The quantitative estimate of drug-likeness (QED) is 0.314. The largest absolute Gasteiger partial charge is 0.393 e. The molecule has 0 aromatic rings. The highest BCUT2D eigenvalue weighted by molar-refractivity contribution is 5.91. The topological polar surface area (TPSA) is 56.1 Å². The van der Waals surface area contributed by atoms with Crippen molar-refractivity contribution in [1.29, 1.82) is 0 Å². The molecule has 1 amide bonds. The lowest BCUT2D eigenvalue weighted by Gasteiger charge is -2.25. The lowest BCUT2D eigenvalue weighted by molar-refractivity contribution is -0.116. The summed E-state index contributed by atoms with van der Waals surface area (Å²) in [6, 6.07) is 0.0416. The monoisotopic (exact) mass is 215 g/mol. The summed E-state index contributed by atoms with van der Waals surface area (Å²) in [5, 5.41) is 15.1. The summed E-state index contributed by atoms with van der Waals surface area (Å²) >= 11 is 0. The number of hydrazone groups is 1. The second kappa shape index (κ2) is 6.40. The maximum atomic E-state index is 10.9. The molecular weight excluding hydrogens is 194 g/mol. The van der Waals surface area contributed by atoms with Crippen LogP contribution >= 0.6 is 0 Å². The zero-order valence-electron chi connectivity index (χ0n) is 10.1. The van der Waals surface area contributed by atoms with Gasteiger partial charge in [-0.25, -0.2) is 0 Å². The van der Waals surface area contributed by atoms with E-state index in [1.807, 2.05) is 13.8 Å². The van der Waals surface area contributed by atoms with Gasteiger partial charge in [-0.15, -0.1) is 0 Å². The van der Waals surface area contributed by atoms with E-state index in [-0.39, 0.29) is 6.04 Å². The van der Waals surface area contributed by atoms with Gasteiger partial charge in [-0.05, 0) is 20.8 Å². The third-order valence-electron chi connectivity index (χ3n) is 1.76. The van der Waals surface area contributed by atoms with Gasteiger partial charge in [-0.1, -0.05) is 0 Å². The molecule has 0 rings (SSSR count). The Morgan fingerprint density at radius 3 is 2.20 bits per heavy atom. The summed E-state index contributed by atoms with van der Waals surface area (Å²) in [5.74, 6) is 0.583. The van der Waals surface area contributed by atoms with Gasteiger partial charge >= 0.3 is 0 Å². The summed E-state index contributed by atoms with van der Waals surface area (Å²) in [5.41, 5.74) is 0. The van der Waals surface area contributed by atoms with Crippen LogP contribution in [0.5, 0.6) is 0 Å². The van der Waals surface area contributed by atoms with E-state index in [1.165, 1.54) is 4.90 Å². The molecule has 0 aliphatic heterocycles. The molecular formula is C10H21N3O2. The summed E-state index contributed by atoms with van der Waals surface area (Å²) in [7, 11) is 3.57. The molecule has 5 nitrogen and oxygen atoms in total. The molecule has 0 fully saturated rings. The second-order valence-electron chi connectivity index (χ2n) is 4.02. The Balaban J connectivity index is 4.81. The maximum Gasteiger partial charge on any atom is 0.215 e. The number of aliphatic hydroxyl groups is 1. The van der Waals surface area contributed by atoms with Crippen molar-refractivity contribution < 1.29 is 9.90 Å². The first-order valence-electron chi connectivity index (χ1n) is 5.05. The first-order valence-corrected chi connectivity index (χ1v) is 5.05. The molecule has 1 unspecified atom stereocenters. The highest BCUT2D eigenvalue weighted by atomic mass is 16.3. The molecule has 1 N–H and O–H groups in total. The van der Waals surface area contributed by atoms with E-state index in [1.54, 1.807) is 26.0 Å². The van der Waals surface area contributed by atoms with Gasteiger partial charge in [-0.2, -0.15) is 5.10 Å². The fourth-order valence-electron chi connectivity index (χ4n) is 1.17. The Morgan fingerprint density at radius 2 is 1.93 bits per heavy atom. The van der Waals surface area contributed by atoms with Gasteiger partial charge in [0.05, 0.1) is 6.10 Å². The summed E-state index contributed by atoms with van der Waals surface area (Å²) in [6.07, 6.45) is 0.606. The highest BCUT2D eigenvalue weighted by Crippen LogP contribution is 2.04. The molecule has 0 aromatic heterocycles. The standard InChI is InChI=1S/C10H21N3O2/c1-8(2)13(7-14)10(6-9(3)15)11-12(4)5/h7-9,15H,6H2,1-5H3/b11-10-. The van der Waals surface area contributed by atoms with Crippen molar-refractivity contribution in [2.75, 3.05) is 14.1 Å². The molecule has 88 valence electrons. The average molecular weight is 215 g/mol. The minimum absolute atomic E-state index is 0.0416. The molecule has 0 saturated heterocycles. The van der Waals surface area contributed by atoms with Gasteiger partial charge < -0.3 is 10.1 Å². The van der Waals surface area contributed by atoms with Gasteiger partial charge in [0.1, 0.15) is 5.84 Å². The van der Waals surface area contributed by atoms with E-state index in [0.717, 1.165) is 6.41 Å². The summed E-state index contributed by atoms with van der Waals surface area (Å²) in [6.45, 7) is 5.48. The molecule has 5 heteroatoms. The second-order valence-corrected chi connectivity index (χ2v) is 4.02.